The molecule has 0 unspecified atom stereocenters. The number of nitrogens with two attached hydrogens (primary N) is 1. The van der Waals surface area contributed by atoms with Gasteiger partial charge in [-0.15, -0.1) is 0 Å². The Morgan fingerprint density at radius 3 is 2.62 bits per heavy atom. The first-order chi connectivity index (χ1) is 9.65. The number of fused-ring (bicyclic) bond motifs is 1. The van der Waals surface area contributed by atoms with Crippen molar-refractivity contribution in [3.05, 3.63) is 30.2 Å². The lowest BCUT2D eigenvalue weighted by Gasteiger charge is -2.23. The Morgan fingerprint density at radius 1 is 1.38 bits per heavy atom. The molecule has 0 amide bonds. The predicted molar refractivity (Wildman–Crippen MR) is 79.0 cm³/mol. The average Bonchev–Trinajstić information content (AvgIpc) is 2.77. The number of sulfonamides is 1. The Bertz CT molecular complexity index is 766. The molecule has 0 aliphatic rings. The Labute approximate surface area is 123 Å². The van der Waals surface area contributed by atoms with Gasteiger partial charge < -0.3 is 9.30 Å². The molecule has 0 radical (unpaired) electrons. The van der Waals surface area contributed by atoms with Gasteiger partial charge in [0.25, 0.3) is 0 Å². The van der Waals surface area contributed by atoms with Gasteiger partial charge in [-0.25, -0.2) is 17.9 Å². The van der Waals surface area contributed by atoms with Gasteiger partial charge in [0.05, 0.1) is 16.5 Å². The van der Waals surface area contributed by atoms with Crippen LogP contribution in [0, 0.1) is 5.82 Å². The fourth-order valence-corrected chi connectivity index (χ4v) is 2.92. The fourth-order valence-electron chi connectivity index (χ4n) is 2.16. The van der Waals surface area contributed by atoms with Crippen molar-refractivity contribution in [1.29, 1.82) is 0 Å². The molecular weight excluding hydrogens is 295 g/mol. The van der Waals surface area contributed by atoms with Crippen molar-refractivity contribution in [2.24, 2.45) is 5.14 Å². The molecule has 0 atom stereocenters. The largest absolute Gasteiger partial charge is 0.379 e. The number of rotatable bonds is 5. The maximum Gasteiger partial charge on any atom is 0.240 e. The molecule has 116 valence electrons. The van der Waals surface area contributed by atoms with Crippen LogP contribution in [0.5, 0.6) is 0 Å². The highest BCUT2D eigenvalue weighted by atomic mass is 32.2. The summed E-state index contributed by atoms with van der Waals surface area (Å²) in [7, 11) is -2.37. The van der Waals surface area contributed by atoms with E-state index in [0.717, 1.165) is 0 Å². The first-order valence-electron chi connectivity index (χ1n) is 6.51. The Balaban J connectivity index is 2.54. The van der Waals surface area contributed by atoms with Gasteiger partial charge >= 0.3 is 0 Å². The number of aryl methyl sites for hydroxylation is 1. The third-order valence-electron chi connectivity index (χ3n) is 3.63. The van der Waals surface area contributed by atoms with Crippen LogP contribution in [0.2, 0.25) is 0 Å². The molecular formula is C14H19FN2O3S. The summed E-state index contributed by atoms with van der Waals surface area (Å²) in [6.45, 7) is 4.36. The molecule has 1 heterocycles. The molecule has 1 aromatic carbocycles. The second kappa shape index (κ2) is 5.40. The molecule has 21 heavy (non-hydrogen) atoms. The summed E-state index contributed by atoms with van der Waals surface area (Å²) in [5.74, 6) is -0.596. The van der Waals surface area contributed by atoms with Crippen LogP contribution >= 0.6 is 0 Å². The number of primary sulfonamides is 1. The quantitative estimate of drug-likeness (QED) is 0.919. The van der Waals surface area contributed by atoms with Crippen LogP contribution in [0.4, 0.5) is 4.39 Å². The van der Waals surface area contributed by atoms with Crippen molar-refractivity contribution in [2.75, 3.05) is 7.11 Å². The molecule has 0 fully saturated rings. The predicted octanol–water partition coefficient (Wildman–Crippen LogP) is 2.24. The van der Waals surface area contributed by atoms with E-state index in [2.05, 4.69) is 0 Å². The molecule has 2 N–H and O–H groups in total. The van der Waals surface area contributed by atoms with Crippen molar-refractivity contribution < 1.29 is 17.5 Å². The maximum absolute atomic E-state index is 14.0. The Morgan fingerprint density at radius 2 is 2.05 bits per heavy atom. The van der Waals surface area contributed by atoms with Crippen LogP contribution in [0.15, 0.2) is 29.3 Å². The van der Waals surface area contributed by atoms with Gasteiger partial charge in [0, 0.05) is 19.9 Å². The Hall–Kier alpha value is -1.44. The van der Waals surface area contributed by atoms with E-state index in [4.69, 9.17) is 9.88 Å². The molecule has 0 saturated carbocycles. The minimum Gasteiger partial charge on any atom is -0.379 e. The first kappa shape index (κ1) is 15.9. The third kappa shape index (κ3) is 3.25. The molecule has 7 heteroatoms. The standard InChI is InChI=1S/C14H19FN2O3S/c1-14(2,20-3)7-8-17-9-12(21(16,18)19)13-10(15)5-4-6-11(13)17/h4-6,9H,7-8H2,1-3H3,(H2,16,18,19). The summed E-state index contributed by atoms with van der Waals surface area (Å²) >= 11 is 0. The van der Waals surface area contributed by atoms with Crippen LogP contribution in [0.25, 0.3) is 10.9 Å². The van der Waals surface area contributed by atoms with Gasteiger partial charge in [-0.3, -0.25) is 0 Å². The van der Waals surface area contributed by atoms with Crippen molar-refractivity contribution in [3.8, 4) is 0 Å². The van der Waals surface area contributed by atoms with Crippen LogP contribution in [0.3, 0.4) is 0 Å². The number of methoxy groups -OCH3 is 1. The number of aromatic nitrogens is 1. The van der Waals surface area contributed by atoms with E-state index in [-0.39, 0.29) is 15.9 Å². The lowest BCUT2D eigenvalue weighted by molar-refractivity contribution is 0.0123. The molecule has 0 bridgehead atoms. The van der Waals surface area contributed by atoms with Gasteiger partial charge in [0.1, 0.15) is 10.7 Å². The fraction of sp³-hybridized carbons (Fsp3) is 0.429. The number of halogens is 1. The zero-order valence-corrected chi connectivity index (χ0v) is 13.1. The van der Waals surface area contributed by atoms with Crippen molar-refractivity contribution in [3.63, 3.8) is 0 Å². The average molecular weight is 314 g/mol. The van der Waals surface area contributed by atoms with E-state index < -0.39 is 15.8 Å². The summed E-state index contributed by atoms with van der Waals surface area (Å²) in [5, 5.41) is 5.22. The van der Waals surface area contributed by atoms with Crippen LogP contribution in [0.1, 0.15) is 20.3 Å². The Kier molecular flexibility index (Phi) is 4.10. The van der Waals surface area contributed by atoms with E-state index in [9.17, 15) is 12.8 Å². The van der Waals surface area contributed by atoms with E-state index in [0.29, 0.717) is 18.5 Å². The smallest absolute Gasteiger partial charge is 0.240 e. The van der Waals surface area contributed by atoms with Crippen molar-refractivity contribution in [2.45, 2.75) is 37.3 Å². The minimum atomic E-state index is -3.98. The van der Waals surface area contributed by atoms with Crippen molar-refractivity contribution >= 4 is 20.9 Å². The number of hydrogen-bond donors (Lipinski definition) is 1. The van der Waals surface area contributed by atoms with E-state index in [1.165, 1.54) is 12.3 Å². The highest BCUT2D eigenvalue weighted by Crippen LogP contribution is 2.28. The highest BCUT2D eigenvalue weighted by molar-refractivity contribution is 7.89. The zero-order chi connectivity index (χ0) is 15.8. The lowest BCUT2D eigenvalue weighted by Crippen LogP contribution is -2.24. The normalized spacial score (nSPS) is 13.0. The lowest BCUT2D eigenvalue weighted by atomic mass is 10.1. The first-order valence-corrected chi connectivity index (χ1v) is 8.06. The SMILES string of the molecule is COC(C)(C)CCn1cc(S(N)(=O)=O)c2c(F)cccc21. The van der Waals surface area contributed by atoms with E-state index in [1.807, 2.05) is 13.8 Å². The van der Waals surface area contributed by atoms with Gasteiger partial charge in [0.15, 0.2) is 0 Å². The van der Waals surface area contributed by atoms with Crippen LogP contribution < -0.4 is 5.14 Å². The number of ether oxygens (including phenoxy) is 1. The van der Waals surface area contributed by atoms with Gasteiger partial charge in [0.2, 0.25) is 10.0 Å². The summed E-state index contributed by atoms with van der Waals surface area (Å²) in [5.41, 5.74) is 0.150. The monoisotopic (exact) mass is 314 g/mol. The number of nitrogens with zero attached hydrogens (tertiary/aromatic N) is 1. The molecule has 0 aliphatic heterocycles. The molecule has 0 saturated heterocycles. The van der Waals surface area contributed by atoms with Gasteiger partial charge in [-0.1, -0.05) is 6.07 Å². The molecule has 0 spiro atoms. The molecule has 0 aliphatic carbocycles. The zero-order valence-electron chi connectivity index (χ0n) is 12.3. The summed E-state index contributed by atoms with van der Waals surface area (Å²) in [6, 6.07) is 4.44. The van der Waals surface area contributed by atoms with Crippen LogP contribution in [-0.2, 0) is 21.3 Å². The van der Waals surface area contributed by atoms with E-state index in [1.54, 1.807) is 23.8 Å². The summed E-state index contributed by atoms with van der Waals surface area (Å²) in [6.07, 6.45) is 2.03. The molecule has 1 aromatic heterocycles. The summed E-state index contributed by atoms with van der Waals surface area (Å²) in [4.78, 5) is -0.189. The molecule has 2 aromatic rings. The maximum atomic E-state index is 14.0. The molecule has 2 rings (SSSR count). The van der Waals surface area contributed by atoms with Crippen LogP contribution in [-0.4, -0.2) is 25.7 Å². The topological polar surface area (TPSA) is 74.3 Å². The van der Waals surface area contributed by atoms with Crippen molar-refractivity contribution in [1.82, 2.24) is 4.57 Å². The molecule has 5 nitrogen and oxygen atoms in total. The highest BCUT2D eigenvalue weighted by Gasteiger charge is 2.22. The number of hydrogen-bond acceptors (Lipinski definition) is 3. The second-order valence-electron chi connectivity index (χ2n) is 5.58. The third-order valence-corrected chi connectivity index (χ3v) is 4.56. The van der Waals surface area contributed by atoms with E-state index >= 15 is 0 Å². The van der Waals surface area contributed by atoms with Gasteiger partial charge in [-0.05, 0) is 32.4 Å². The summed E-state index contributed by atoms with van der Waals surface area (Å²) < 4.78 is 44.3. The number of benzene rings is 1. The second-order valence-corrected chi connectivity index (χ2v) is 7.11. The minimum absolute atomic E-state index is 0.0372. The van der Waals surface area contributed by atoms with Gasteiger partial charge in [-0.2, -0.15) is 0 Å².